The van der Waals surface area contributed by atoms with Crippen molar-refractivity contribution in [3.8, 4) is 5.75 Å². The topological polar surface area (TPSA) is 58.6 Å². The first-order chi connectivity index (χ1) is 9.27. The van der Waals surface area contributed by atoms with Crippen molar-refractivity contribution in [1.82, 2.24) is 9.62 Å². The minimum absolute atomic E-state index is 0.149. The van der Waals surface area contributed by atoms with Gasteiger partial charge in [0.2, 0.25) is 10.0 Å². The van der Waals surface area contributed by atoms with E-state index in [0.29, 0.717) is 23.7 Å². The fourth-order valence-corrected chi connectivity index (χ4v) is 4.24. The van der Waals surface area contributed by atoms with Crippen LogP contribution in [0.25, 0.3) is 0 Å². The van der Waals surface area contributed by atoms with Crippen LogP contribution >= 0.6 is 0 Å². The lowest BCUT2D eigenvalue weighted by atomic mass is 10.0. The molecule has 1 aromatic carbocycles. The summed E-state index contributed by atoms with van der Waals surface area (Å²) in [6, 6.07) is 6.68. The maximum atomic E-state index is 12.8. The van der Waals surface area contributed by atoms with Crippen molar-refractivity contribution in [1.29, 1.82) is 0 Å². The summed E-state index contributed by atoms with van der Waals surface area (Å²) >= 11 is 0. The van der Waals surface area contributed by atoms with Gasteiger partial charge in [0.05, 0.1) is 12.0 Å². The molecule has 0 radical (unpaired) electrons. The molecular formula is C14H22N2O3S. The number of sulfonamides is 1. The molecule has 0 aromatic heterocycles. The van der Waals surface area contributed by atoms with Crippen molar-refractivity contribution in [3.05, 3.63) is 24.3 Å². The summed E-state index contributed by atoms with van der Waals surface area (Å²) in [6.45, 7) is 6.98. The van der Waals surface area contributed by atoms with Gasteiger partial charge in [0.25, 0.3) is 0 Å². The van der Waals surface area contributed by atoms with Crippen LogP contribution in [0, 0.1) is 0 Å². The molecule has 20 heavy (non-hydrogen) atoms. The van der Waals surface area contributed by atoms with E-state index in [4.69, 9.17) is 4.74 Å². The van der Waals surface area contributed by atoms with E-state index in [1.807, 2.05) is 20.8 Å². The minimum atomic E-state index is -3.49. The molecule has 0 spiro atoms. The second-order valence-electron chi connectivity index (χ2n) is 5.81. The van der Waals surface area contributed by atoms with Crippen LogP contribution < -0.4 is 10.1 Å². The van der Waals surface area contributed by atoms with Crippen LogP contribution in [0.1, 0.15) is 20.8 Å². The number of methoxy groups -OCH3 is 1. The lowest BCUT2D eigenvalue weighted by Gasteiger charge is -2.44. The van der Waals surface area contributed by atoms with E-state index in [0.717, 1.165) is 0 Å². The molecule has 1 heterocycles. The molecule has 0 saturated carbocycles. The zero-order valence-corrected chi connectivity index (χ0v) is 13.2. The lowest BCUT2D eigenvalue weighted by molar-refractivity contribution is 0.158. The van der Waals surface area contributed by atoms with Crippen LogP contribution in [-0.2, 0) is 10.0 Å². The first-order valence-corrected chi connectivity index (χ1v) is 8.12. The van der Waals surface area contributed by atoms with Gasteiger partial charge >= 0.3 is 0 Å². The summed E-state index contributed by atoms with van der Waals surface area (Å²) in [7, 11) is -1.93. The van der Waals surface area contributed by atoms with Crippen molar-refractivity contribution in [2.24, 2.45) is 0 Å². The molecule has 2 rings (SSSR count). The summed E-state index contributed by atoms with van der Waals surface area (Å²) in [5, 5.41) is 3.32. The van der Waals surface area contributed by atoms with Gasteiger partial charge in [-0.05, 0) is 45.0 Å². The molecule has 6 heteroatoms. The summed E-state index contributed by atoms with van der Waals surface area (Å²) in [6.07, 6.45) is 0. The van der Waals surface area contributed by atoms with Gasteiger partial charge in [0.1, 0.15) is 5.75 Å². The largest absolute Gasteiger partial charge is 0.497 e. The van der Waals surface area contributed by atoms with E-state index < -0.39 is 15.6 Å². The maximum Gasteiger partial charge on any atom is 0.243 e. The van der Waals surface area contributed by atoms with Crippen molar-refractivity contribution in [3.63, 3.8) is 0 Å². The highest BCUT2D eigenvalue weighted by molar-refractivity contribution is 7.89. The van der Waals surface area contributed by atoms with Crippen LogP contribution in [0.3, 0.4) is 0 Å². The third-order valence-corrected chi connectivity index (χ3v) is 5.74. The minimum Gasteiger partial charge on any atom is -0.497 e. The Kier molecular flexibility index (Phi) is 4.09. The molecule has 5 nitrogen and oxygen atoms in total. The average molecular weight is 298 g/mol. The highest BCUT2D eigenvalue weighted by Crippen LogP contribution is 2.28. The van der Waals surface area contributed by atoms with E-state index in [2.05, 4.69) is 5.32 Å². The summed E-state index contributed by atoms with van der Waals surface area (Å²) in [5.41, 5.74) is -0.439. The second kappa shape index (κ2) is 5.35. The van der Waals surface area contributed by atoms with Gasteiger partial charge in [-0.1, -0.05) is 0 Å². The molecule has 0 amide bonds. The Morgan fingerprint density at radius 2 is 1.90 bits per heavy atom. The van der Waals surface area contributed by atoms with Gasteiger partial charge in [-0.25, -0.2) is 8.42 Å². The predicted octanol–water partition coefficient (Wildman–Crippen LogP) is 1.46. The number of nitrogens with zero attached hydrogens (tertiary/aromatic N) is 1. The second-order valence-corrected chi connectivity index (χ2v) is 7.67. The first-order valence-electron chi connectivity index (χ1n) is 6.67. The van der Waals surface area contributed by atoms with Crippen molar-refractivity contribution < 1.29 is 13.2 Å². The zero-order chi connectivity index (χ0) is 15.0. The average Bonchev–Trinajstić information content (AvgIpc) is 2.41. The molecule has 1 aliphatic heterocycles. The molecule has 1 aromatic rings. The fourth-order valence-electron chi connectivity index (χ4n) is 2.37. The Balaban J connectivity index is 2.37. The quantitative estimate of drug-likeness (QED) is 0.918. The highest BCUT2D eigenvalue weighted by atomic mass is 32.2. The van der Waals surface area contributed by atoms with Gasteiger partial charge in [0, 0.05) is 24.7 Å². The Hall–Kier alpha value is -1.11. The Morgan fingerprint density at radius 1 is 1.30 bits per heavy atom. The van der Waals surface area contributed by atoms with E-state index >= 15 is 0 Å². The SMILES string of the molecule is COc1ccc(S(=O)(=O)N2CC(C)NCC2(C)C)cc1. The fraction of sp³-hybridized carbons (Fsp3) is 0.571. The van der Waals surface area contributed by atoms with E-state index in [-0.39, 0.29) is 6.04 Å². The zero-order valence-electron chi connectivity index (χ0n) is 12.4. The number of benzene rings is 1. The Morgan fingerprint density at radius 3 is 2.45 bits per heavy atom. The predicted molar refractivity (Wildman–Crippen MR) is 78.4 cm³/mol. The maximum absolute atomic E-state index is 12.8. The number of nitrogens with one attached hydrogen (secondary N) is 1. The first kappa shape index (κ1) is 15.3. The number of hydrogen-bond acceptors (Lipinski definition) is 4. The van der Waals surface area contributed by atoms with Crippen molar-refractivity contribution >= 4 is 10.0 Å². The number of piperazine rings is 1. The molecule has 0 aliphatic carbocycles. The van der Waals surface area contributed by atoms with Gasteiger partial charge in [-0.3, -0.25) is 0 Å². The van der Waals surface area contributed by atoms with E-state index in [1.54, 1.807) is 35.7 Å². The molecule has 112 valence electrons. The van der Waals surface area contributed by atoms with Gasteiger partial charge < -0.3 is 10.1 Å². The van der Waals surface area contributed by atoms with Crippen LogP contribution in [0.4, 0.5) is 0 Å². The van der Waals surface area contributed by atoms with Crippen molar-refractivity contribution in [2.75, 3.05) is 20.2 Å². The summed E-state index contributed by atoms with van der Waals surface area (Å²) in [4.78, 5) is 0.306. The third kappa shape index (κ3) is 2.82. The monoisotopic (exact) mass is 298 g/mol. The number of hydrogen-bond donors (Lipinski definition) is 1. The number of rotatable bonds is 3. The van der Waals surface area contributed by atoms with E-state index in [9.17, 15) is 8.42 Å². The number of ether oxygens (including phenoxy) is 1. The van der Waals surface area contributed by atoms with Crippen molar-refractivity contribution in [2.45, 2.75) is 37.2 Å². The van der Waals surface area contributed by atoms with Crippen LogP contribution in [0.5, 0.6) is 5.75 Å². The normalized spacial score (nSPS) is 23.5. The highest BCUT2D eigenvalue weighted by Gasteiger charge is 2.40. The molecular weight excluding hydrogens is 276 g/mol. The Labute approximate surface area is 121 Å². The molecule has 1 saturated heterocycles. The van der Waals surface area contributed by atoms with Crippen LogP contribution in [-0.4, -0.2) is 44.5 Å². The molecule has 1 atom stereocenters. The standard InChI is InChI=1S/C14H22N2O3S/c1-11-9-16(14(2,3)10-15-11)20(17,18)13-7-5-12(19-4)6-8-13/h5-8,11,15H,9-10H2,1-4H3. The third-order valence-electron chi connectivity index (χ3n) is 3.65. The van der Waals surface area contributed by atoms with Crippen LogP contribution in [0.2, 0.25) is 0 Å². The molecule has 1 N–H and O–H groups in total. The Bertz CT molecular complexity index is 567. The van der Waals surface area contributed by atoms with Crippen LogP contribution in [0.15, 0.2) is 29.2 Å². The molecule has 1 unspecified atom stereocenters. The van der Waals surface area contributed by atoms with Gasteiger partial charge in [-0.15, -0.1) is 0 Å². The molecule has 1 fully saturated rings. The lowest BCUT2D eigenvalue weighted by Crippen LogP contribution is -2.62. The summed E-state index contributed by atoms with van der Waals surface area (Å²) in [5.74, 6) is 0.650. The molecule has 0 bridgehead atoms. The van der Waals surface area contributed by atoms with Gasteiger partial charge in [0.15, 0.2) is 0 Å². The molecule has 1 aliphatic rings. The van der Waals surface area contributed by atoms with E-state index in [1.165, 1.54) is 0 Å². The summed E-state index contributed by atoms with van der Waals surface area (Å²) < 4.78 is 32.3. The van der Waals surface area contributed by atoms with Gasteiger partial charge in [-0.2, -0.15) is 4.31 Å². The smallest absolute Gasteiger partial charge is 0.243 e.